The minimum absolute atomic E-state index is 0.184. The minimum Gasteiger partial charge on any atom is -0.480 e. The summed E-state index contributed by atoms with van der Waals surface area (Å²) in [4.78, 5) is 25.5. The van der Waals surface area contributed by atoms with E-state index in [0.29, 0.717) is 19.4 Å². The number of aliphatic hydroxyl groups is 1. The van der Waals surface area contributed by atoms with Gasteiger partial charge in [0, 0.05) is 13.1 Å². The number of urea groups is 1. The molecule has 1 rings (SSSR count). The molecule has 0 spiro atoms. The highest BCUT2D eigenvalue weighted by atomic mass is 16.4. The number of β-amino-alcohol motifs (C(OH)–C–C–N with tert-alkyl or cyclic N) is 1. The Bertz CT molecular complexity index is 341. The van der Waals surface area contributed by atoms with Gasteiger partial charge < -0.3 is 20.0 Å². The molecule has 1 atom stereocenters. The zero-order valence-electron chi connectivity index (χ0n) is 10.6. The summed E-state index contributed by atoms with van der Waals surface area (Å²) in [5.41, 5.74) is -0.892. The Kier molecular flexibility index (Phi) is 4.72. The molecule has 1 unspecified atom stereocenters. The zero-order chi connectivity index (χ0) is 13.8. The second-order valence-electron chi connectivity index (χ2n) is 4.87. The first-order chi connectivity index (χ1) is 8.35. The van der Waals surface area contributed by atoms with E-state index in [-0.39, 0.29) is 25.7 Å². The molecular weight excluding hydrogens is 236 g/mol. The maximum atomic E-state index is 12.1. The number of rotatable bonds is 4. The topological polar surface area (TPSA) is 81.1 Å². The molecule has 1 fully saturated rings. The van der Waals surface area contributed by atoms with Crippen LogP contribution in [0.4, 0.5) is 4.79 Å². The third kappa shape index (κ3) is 4.03. The van der Waals surface area contributed by atoms with Gasteiger partial charge >= 0.3 is 12.0 Å². The Morgan fingerprint density at radius 3 is 2.72 bits per heavy atom. The van der Waals surface area contributed by atoms with E-state index in [0.717, 1.165) is 0 Å². The number of hydrogen-bond donors (Lipinski definition) is 2. The van der Waals surface area contributed by atoms with Gasteiger partial charge in [-0.05, 0) is 19.8 Å². The Balaban J connectivity index is 2.69. The van der Waals surface area contributed by atoms with Crippen LogP contribution in [-0.4, -0.2) is 63.8 Å². The van der Waals surface area contributed by atoms with Gasteiger partial charge in [0.25, 0.3) is 0 Å². The predicted molar refractivity (Wildman–Crippen MR) is 66.2 cm³/mol. The molecule has 0 saturated carbocycles. The lowest BCUT2D eigenvalue weighted by atomic mass is 9.95. The molecule has 0 aliphatic carbocycles. The largest absolute Gasteiger partial charge is 0.480 e. The van der Waals surface area contributed by atoms with Gasteiger partial charge in [-0.25, -0.2) is 4.79 Å². The van der Waals surface area contributed by atoms with Gasteiger partial charge in [0.2, 0.25) is 0 Å². The van der Waals surface area contributed by atoms with Crippen LogP contribution in [0.15, 0.2) is 12.7 Å². The first-order valence-electron chi connectivity index (χ1n) is 5.94. The highest BCUT2D eigenvalue weighted by Crippen LogP contribution is 2.21. The highest BCUT2D eigenvalue weighted by Gasteiger charge is 2.33. The number of carbonyl (C=O) groups excluding carboxylic acids is 1. The molecule has 0 radical (unpaired) electrons. The van der Waals surface area contributed by atoms with Gasteiger partial charge in [-0.3, -0.25) is 4.79 Å². The molecule has 18 heavy (non-hydrogen) atoms. The van der Waals surface area contributed by atoms with E-state index < -0.39 is 11.6 Å². The summed E-state index contributed by atoms with van der Waals surface area (Å²) in [5, 5.41) is 18.7. The first-order valence-corrected chi connectivity index (χ1v) is 5.94. The average molecular weight is 256 g/mol. The standard InChI is InChI=1S/C12H20N2O4/c1-3-6-13(8-10(15)16)11(17)14-7-4-5-12(2,18)9-14/h3,18H,1,4-9H2,2H3,(H,15,16). The van der Waals surface area contributed by atoms with E-state index in [2.05, 4.69) is 6.58 Å². The summed E-state index contributed by atoms with van der Waals surface area (Å²) in [6.45, 7) is 5.80. The summed E-state index contributed by atoms with van der Waals surface area (Å²) in [6, 6.07) is -0.364. The van der Waals surface area contributed by atoms with Crippen molar-refractivity contribution in [3.63, 3.8) is 0 Å². The van der Waals surface area contributed by atoms with E-state index in [1.54, 1.807) is 6.92 Å². The minimum atomic E-state index is -1.06. The summed E-state index contributed by atoms with van der Waals surface area (Å²) in [6.07, 6.45) is 2.85. The first kappa shape index (κ1) is 14.5. The summed E-state index contributed by atoms with van der Waals surface area (Å²) >= 11 is 0. The van der Waals surface area contributed by atoms with Crippen LogP contribution in [0.5, 0.6) is 0 Å². The zero-order valence-corrected chi connectivity index (χ0v) is 10.6. The Hall–Kier alpha value is -1.56. The number of piperidine rings is 1. The lowest BCUT2D eigenvalue weighted by Crippen LogP contribution is -2.53. The maximum absolute atomic E-state index is 12.1. The average Bonchev–Trinajstić information content (AvgIpc) is 2.25. The van der Waals surface area contributed by atoms with E-state index in [4.69, 9.17) is 5.11 Å². The van der Waals surface area contributed by atoms with Crippen LogP contribution in [0.1, 0.15) is 19.8 Å². The molecular formula is C12H20N2O4. The van der Waals surface area contributed by atoms with E-state index in [1.807, 2.05) is 0 Å². The van der Waals surface area contributed by atoms with E-state index in [9.17, 15) is 14.7 Å². The van der Waals surface area contributed by atoms with Crippen LogP contribution in [0.25, 0.3) is 0 Å². The number of nitrogens with zero attached hydrogens (tertiary/aromatic N) is 2. The third-order valence-corrected chi connectivity index (χ3v) is 2.89. The van der Waals surface area contributed by atoms with Crippen LogP contribution in [0, 0.1) is 0 Å². The molecule has 6 heteroatoms. The van der Waals surface area contributed by atoms with E-state index >= 15 is 0 Å². The van der Waals surface area contributed by atoms with Crippen LogP contribution >= 0.6 is 0 Å². The Morgan fingerprint density at radius 1 is 1.56 bits per heavy atom. The van der Waals surface area contributed by atoms with Gasteiger partial charge in [-0.1, -0.05) is 6.08 Å². The molecule has 1 saturated heterocycles. The molecule has 1 aliphatic rings. The molecule has 102 valence electrons. The predicted octanol–water partition coefficient (Wildman–Crippen LogP) is 0.526. The summed E-state index contributed by atoms with van der Waals surface area (Å²) in [5.74, 6) is -1.06. The fourth-order valence-corrected chi connectivity index (χ4v) is 2.11. The Labute approximate surface area is 106 Å². The third-order valence-electron chi connectivity index (χ3n) is 2.89. The molecule has 1 aliphatic heterocycles. The van der Waals surface area contributed by atoms with E-state index in [1.165, 1.54) is 15.9 Å². The van der Waals surface area contributed by atoms with Gasteiger partial charge in [0.15, 0.2) is 0 Å². The van der Waals surface area contributed by atoms with Crippen LogP contribution in [0.2, 0.25) is 0 Å². The van der Waals surface area contributed by atoms with Gasteiger partial charge in [-0.15, -0.1) is 6.58 Å². The van der Waals surface area contributed by atoms with Crippen LogP contribution < -0.4 is 0 Å². The van der Waals surface area contributed by atoms with Gasteiger partial charge in [-0.2, -0.15) is 0 Å². The van der Waals surface area contributed by atoms with Crippen molar-refractivity contribution in [1.29, 1.82) is 0 Å². The second kappa shape index (κ2) is 5.86. The molecule has 1 heterocycles. The van der Waals surface area contributed by atoms with Crippen LogP contribution in [0.3, 0.4) is 0 Å². The smallest absolute Gasteiger partial charge is 0.323 e. The van der Waals surface area contributed by atoms with Crippen molar-refractivity contribution in [1.82, 2.24) is 9.80 Å². The number of carbonyl (C=O) groups is 2. The molecule has 2 amide bonds. The van der Waals surface area contributed by atoms with Crippen LogP contribution in [-0.2, 0) is 4.79 Å². The molecule has 0 bridgehead atoms. The number of carboxylic acid groups (broad SMARTS) is 1. The number of aliphatic carboxylic acids is 1. The molecule has 2 N–H and O–H groups in total. The molecule has 0 aromatic carbocycles. The molecule has 0 aromatic heterocycles. The van der Waals surface area contributed by atoms with Crippen molar-refractivity contribution in [2.24, 2.45) is 0 Å². The monoisotopic (exact) mass is 256 g/mol. The fraction of sp³-hybridized carbons (Fsp3) is 0.667. The quantitative estimate of drug-likeness (QED) is 0.719. The summed E-state index contributed by atoms with van der Waals surface area (Å²) in [7, 11) is 0. The lowest BCUT2D eigenvalue weighted by molar-refractivity contribution is -0.137. The normalized spacial score (nSPS) is 23.6. The molecule has 6 nitrogen and oxygen atoms in total. The van der Waals surface area contributed by atoms with Crippen molar-refractivity contribution in [2.75, 3.05) is 26.2 Å². The van der Waals surface area contributed by atoms with Gasteiger partial charge in [0.05, 0.1) is 12.1 Å². The number of amides is 2. The maximum Gasteiger partial charge on any atom is 0.323 e. The van der Waals surface area contributed by atoms with Crippen molar-refractivity contribution in [2.45, 2.75) is 25.4 Å². The number of hydrogen-bond acceptors (Lipinski definition) is 3. The molecule has 0 aromatic rings. The van der Waals surface area contributed by atoms with Crippen molar-refractivity contribution >= 4 is 12.0 Å². The van der Waals surface area contributed by atoms with Crippen molar-refractivity contribution in [3.05, 3.63) is 12.7 Å². The Morgan fingerprint density at radius 2 is 2.22 bits per heavy atom. The van der Waals surface area contributed by atoms with Crippen molar-refractivity contribution in [3.8, 4) is 0 Å². The van der Waals surface area contributed by atoms with Gasteiger partial charge in [0.1, 0.15) is 6.54 Å². The highest BCUT2D eigenvalue weighted by molar-refractivity contribution is 5.80. The fourth-order valence-electron chi connectivity index (χ4n) is 2.11. The number of carboxylic acids is 1. The lowest BCUT2D eigenvalue weighted by Gasteiger charge is -2.38. The van der Waals surface area contributed by atoms with Crippen molar-refractivity contribution < 1.29 is 19.8 Å². The number of likely N-dealkylation sites (tertiary alicyclic amines) is 1. The summed E-state index contributed by atoms with van der Waals surface area (Å²) < 4.78 is 0. The second-order valence-corrected chi connectivity index (χ2v) is 4.87. The SMILES string of the molecule is C=CCN(CC(=O)O)C(=O)N1CCCC(C)(O)C1.